The van der Waals surface area contributed by atoms with Crippen LogP contribution in [0.25, 0.3) is 5.52 Å². The van der Waals surface area contributed by atoms with Crippen LogP contribution >= 0.6 is 0 Å². The lowest BCUT2D eigenvalue weighted by Gasteiger charge is -2.05. The third-order valence-electron chi connectivity index (χ3n) is 3.65. The average Bonchev–Trinajstić information content (AvgIpc) is 2.89. The number of anilines is 1. The zero-order valence-electron chi connectivity index (χ0n) is 11.9. The predicted octanol–water partition coefficient (Wildman–Crippen LogP) is 3.47. The number of rotatable bonds is 4. The number of hydrogen-bond acceptors (Lipinski definition) is 2. The number of aromatic nitrogens is 2. The number of fused-ring (bicyclic) bond motifs is 1. The maximum Gasteiger partial charge on any atom is 0.113 e. The zero-order chi connectivity index (χ0) is 13.9. The summed E-state index contributed by atoms with van der Waals surface area (Å²) in [5.74, 6) is 1.11. The van der Waals surface area contributed by atoms with E-state index in [9.17, 15) is 0 Å². The van der Waals surface area contributed by atoms with Crippen LogP contribution in [0.4, 0.5) is 5.69 Å². The molecule has 0 amide bonds. The van der Waals surface area contributed by atoms with Gasteiger partial charge in [-0.1, -0.05) is 29.8 Å². The molecule has 0 atom stereocenters. The standard InChI is InChI=1S/C17H19N3/c1-13-3-5-14(6-4-13)7-10-17-19-11-16-9-8-15(18-2)12-20(16)17/h3-6,8-9,11-12,18H,7,10H2,1-2H3. The van der Waals surface area contributed by atoms with Crippen LogP contribution in [-0.4, -0.2) is 16.4 Å². The predicted molar refractivity (Wildman–Crippen MR) is 83.3 cm³/mol. The molecule has 0 bridgehead atoms. The summed E-state index contributed by atoms with van der Waals surface area (Å²) >= 11 is 0. The lowest BCUT2D eigenvalue weighted by molar-refractivity contribution is 0.854. The first-order valence-electron chi connectivity index (χ1n) is 6.95. The number of aryl methyl sites for hydroxylation is 3. The highest BCUT2D eigenvalue weighted by Gasteiger charge is 2.04. The fourth-order valence-electron chi connectivity index (χ4n) is 2.39. The molecule has 2 heterocycles. The molecule has 3 nitrogen and oxygen atoms in total. The number of hydrogen-bond donors (Lipinski definition) is 1. The first kappa shape index (κ1) is 12.7. The van der Waals surface area contributed by atoms with E-state index >= 15 is 0 Å². The summed E-state index contributed by atoms with van der Waals surface area (Å²) in [7, 11) is 1.93. The van der Waals surface area contributed by atoms with Gasteiger partial charge in [-0.2, -0.15) is 0 Å². The molecule has 2 aromatic heterocycles. The molecule has 0 aliphatic rings. The Morgan fingerprint density at radius 1 is 1.05 bits per heavy atom. The number of benzene rings is 1. The van der Waals surface area contributed by atoms with Gasteiger partial charge in [0.15, 0.2) is 0 Å². The molecule has 0 aliphatic carbocycles. The summed E-state index contributed by atoms with van der Waals surface area (Å²) in [4.78, 5) is 4.54. The SMILES string of the molecule is CNc1ccc2cnc(CCc3ccc(C)cc3)n2c1. The molecule has 20 heavy (non-hydrogen) atoms. The smallest absolute Gasteiger partial charge is 0.113 e. The molecular weight excluding hydrogens is 246 g/mol. The van der Waals surface area contributed by atoms with Gasteiger partial charge in [0.2, 0.25) is 0 Å². The third-order valence-corrected chi connectivity index (χ3v) is 3.65. The van der Waals surface area contributed by atoms with Crippen molar-refractivity contribution >= 4 is 11.2 Å². The van der Waals surface area contributed by atoms with Crippen LogP contribution in [0.5, 0.6) is 0 Å². The second kappa shape index (κ2) is 5.37. The minimum atomic E-state index is 0.949. The lowest BCUT2D eigenvalue weighted by atomic mass is 10.1. The fourth-order valence-corrected chi connectivity index (χ4v) is 2.39. The Bertz CT molecular complexity index is 711. The summed E-state index contributed by atoms with van der Waals surface area (Å²) in [6.07, 6.45) is 6.00. The average molecular weight is 265 g/mol. The van der Waals surface area contributed by atoms with E-state index in [0.29, 0.717) is 0 Å². The van der Waals surface area contributed by atoms with E-state index in [2.05, 4.69) is 64.2 Å². The molecule has 1 aromatic carbocycles. The van der Waals surface area contributed by atoms with E-state index in [1.54, 1.807) is 0 Å². The molecule has 3 heteroatoms. The van der Waals surface area contributed by atoms with Crippen LogP contribution in [0, 0.1) is 6.92 Å². The van der Waals surface area contributed by atoms with Gasteiger partial charge in [-0.3, -0.25) is 0 Å². The Kier molecular flexibility index (Phi) is 3.42. The molecule has 0 aliphatic heterocycles. The van der Waals surface area contributed by atoms with Gasteiger partial charge in [0.1, 0.15) is 5.82 Å². The zero-order valence-corrected chi connectivity index (χ0v) is 11.9. The van der Waals surface area contributed by atoms with Crippen molar-refractivity contribution in [3.05, 3.63) is 65.7 Å². The van der Waals surface area contributed by atoms with Crippen LogP contribution in [0.2, 0.25) is 0 Å². The van der Waals surface area contributed by atoms with Crippen molar-refractivity contribution < 1.29 is 0 Å². The summed E-state index contributed by atoms with van der Waals surface area (Å²) in [6.45, 7) is 2.12. The normalized spacial score (nSPS) is 10.9. The van der Waals surface area contributed by atoms with E-state index in [1.807, 2.05) is 13.2 Å². The van der Waals surface area contributed by atoms with Gasteiger partial charge in [0.05, 0.1) is 17.4 Å². The maximum absolute atomic E-state index is 4.54. The Balaban J connectivity index is 1.81. The Morgan fingerprint density at radius 2 is 1.85 bits per heavy atom. The summed E-state index contributed by atoms with van der Waals surface area (Å²) < 4.78 is 2.17. The number of pyridine rings is 1. The molecule has 3 aromatic rings. The molecular formula is C17H19N3. The highest BCUT2D eigenvalue weighted by Crippen LogP contribution is 2.14. The minimum Gasteiger partial charge on any atom is -0.387 e. The molecule has 1 N–H and O–H groups in total. The van der Waals surface area contributed by atoms with E-state index in [4.69, 9.17) is 0 Å². The van der Waals surface area contributed by atoms with Gasteiger partial charge in [0, 0.05) is 19.7 Å². The number of imidazole rings is 1. The fraction of sp³-hybridized carbons (Fsp3) is 0.235. The first-order chi connectivity index (χ1) is 9.76. The van der Waals surface area contributed by atoms with Gasteiger partial charge < -0.3 is 9.72 Å². The monoisotopic (exact) mass is 265 g/mol. The number of nitrogens with zero attached hydrogens (tertiary/aromatic N) is 2. The van der Waals surface area contributed by atoms with Crippen molar-refractivity contribution in [1.29, 1.82) is 0 Å². The van der Waals surface area contributed by atoms with Crippen molar-refractivity contribution in [2.45, 2.75) is 19.8 Å². The molecule has 0 saturated heterocycles. The minimum absolute atomic E-state index is 0.949. The van der Waals surface area contributed by atoms with Crippen molar-refractivity contribution in [3.63, 3.8) is 0 Å². The largest absolute Gasteiger partial charge is 0.387 e. The highest BCUT2D eigenvalue weighted by atomic mass is 15.0. The Labute approximate surface area is 119 Å². The van der Waals surface area contributed by atoms with Crippen molar-refractivity contribution in [2.75, 3.05) is 12.4 Å². The second-order valence-corrected chi connectivity index (χ2v) is 5.12. The van der Waals surface area contributed by atoms with Gasteiger partial charge in [-0.05, 0) is 31.0 Å². The topological polar surface area (TPSA) is 29.3 Å². The molecule has 0 unspecified atom stereocenters. The number of nitrogens with one attached hydrogen (secondary N) is 1. The van der Waals surface area contributed by atoms with Crippen molar-refractivity contribution in [1.82, 2.24) is 9.38 Å². The summed E-state index contributed by atoms with van der Waals surface area (Å²) in [5.41, 5.74) is 4.91. The summed E-state index contributed by atoms with van der Waals surface area (Å²) in [5, 5.41) is 3.17. The quantitative estimate of drug-likeness (QED) is 0.782. The molecule has 0 radical (unpaired) electrons. The summed E-state index contributed by atoms with van der Waals surface area (Å²) in [6, 6.07) is 12.9. The molecule has 3 rings (SSSR count). The van der Waals surface area contributed by atoms with Crippen LogP contribution in [0.15, 0.2) is 48.8 Å². The van der Waals surface area contributed by atoms with Crippen LogP contribution in [-0.2, 0) is 12.8 Å². The van der Waals surface area contributed by atoms with Crippen LogP contribution in [0.3, 0.4) is 0 Å². The molecule has 102 valence electrons. The Morgan fingerprint density at radius 3 is 2.60 bits per heavy atom. The van der Waals surface area contributed by atoms with Gasteiger partial charge in [-0.15, -0.1) is 0 Å². The highest BCUT2D eigenvalue weighted by molar-refractivity contribution is 5.53. The third kappa shape index (κ3) is 2.52. The van der Waals surface area contributed by atoms with Gasteiger partial charge >= 0.3 is 0 Å². The Hall–Kier alpha value is -2.29. The van der Waals surface area contributed by atoms with Crippen molar-refractivity contribution in [2.24, 2.45) is 0 Å². The van der Waals surface area contributed by atoms with E-state index in [-0.39, 0.29) is 0 Å². The molecule has 0 spiro atoms. The van der Waals surface area contributed by atoms with Gasteiger partial charge in [0.25, 0.3) is 0 Å². The van der Waals surface area contributed by atoms with Crippen molar-refractivity contribution in [3.8, 4) is 0 Å². The van der Waals surface area contributed by atoms with E-state index in [1.165, 1.54) is 11.1 Å². The van der Waals surface area contributed by atoms with E-state index < -0.39 is 0 Å². The van der Waals surface area contributed by atoms with Crippen LogP contribution < -0.4 is 5.32 Å². The molecule has 0 saturated carbocycles. The maximum atomic E-state index is 4.54. The van der Waals surface area contributed by atoms with E-state index in [0.717, 1.165) is 29.9 Å². The van der Waals surface area contributed by atoms with Gasteiger partial charge in [-0.25, -0.2) is 4.98 Å². The van der Waals surface area contributed by atoms with Crippen LogP contribution in [0.1, 0.15) is 17.0 Å². The lowest BCUT2D eigenvalue weighted by Crippen LogP contribution is -1.99. The molecule has 0 fully saturated rings. The second-order valence-electron chi connectivity index (χ2n) is 5.12. The first-order valence-corrected chi connectivity index (χ1v) is 6.95.